The van der Waals surface area contributed by atoms with E-state index in [4.69, 9.17) is 4.74 Å². The fraction of sp³-hybridized carbons (Fsp3) is 0.278. The van der Waals surface area contributed by atoms with Gasteiger partial charge >= 0.3 is 0 Å². The minimum Gasteiger partial charge on any atom is -0.497 e. The smallest absolute Gasteiger partial charge is 0.191 e. The zero-order chi connectivity index (χ0) is 18.2. The number of nitrogens with zero attached hydrogens (tertiary/aromatic N) is 3. The van der Waals surface area contributed by atoms with Gasteiger partial charge in [0.1, 0.15) is 11.6 Å². The molecule has 3 aromatic rings. The first-order chi connectivity index (χ1) is 12.8. The van der Waals surface area contributed by atoms with Crippen LogP contribution in [0.4, 0.5) is 0 Å². The van der Waals surface area contributed by atoms with Crippen molar-refractivity contribution in [2.75, 3.05) is 13.7 Å². The van der Waals surface area contributed by atoms with E-state index in [9.17, 15) is 0 Å². The van der Waals surface area contributed by atoms with Crippen LogP contribution < -0.4 is 15.4 Å². The lowest BCUT2D eigenvalue weighted by molar-refractivity contribution is 0.415. The molecule has 0 bridgehead atoms. The number of H-pyrrole nitrogens is 1. The highest BCUT2D eigenvalue weighted by atomic mass is 32.1. The van der Waals surface area contributed by atoms with Crippen molar-refractivity contribution >= 4 is 17.3 Å². The molecule has 26 heavy (non-hydrogen) atoms. The quantitative estimate of drug-likeness (QED) is 0.440. The first-order valence-electron chi connectivity index (χ1n) is 8.37. The zero-order valence-corrected chi connectivity index (χ0v) is 15.6. The van der Waals surface area contributed by atoms with Crippen molar-refractivity contribution in [2.24, 2.45) is 4.99 Å². The van der Waals surface area contributed by atoms with E-state index in [1.165, 1.54) is 5.56 Å². The lowest BCUT2D eigenvalue weighted by Gasteiger charge is -2.09. The van der Waals surface area contributed by atoms with Crippen LogP contribution in [0.25, 0.3) is 11.4 Å². The molecule has 2 aromatic heterocycles. The normalized spacial score (nSPS) is 11.4. The maximum absolute atomic E-state index is 5.17. The van der Waals surface area contributed by atoms with Crippen LogP contribution in [-0.2, 0) is 13.1 Å². The van der Waals surface area contributed by atoms with Crippen LogP contribution in [0.15, 0.2) is 46.1 Å². The third-order valence-electron chi connectivity index (χ3n) is 3.65. The monoisotopic (exact) mass is 370 g/mol. The fourth-order valence-corrected chi connectivity index (χ4v) is 2.97. The Hall–Kier alpha value is -2.87. The number of nitrogens with one attached hydrogen (secondary N) is 3. The Bertz CT molecular complexity index is 826. The molecule has 0 aliphatic rings. The van der Waals surface area contributed by atoms with E-state index in [0.29, 0.717) is 18.9 Å². The molecule has 0 spiro atoms. The van der Waals surface area contributed by atoms with Crippen LogP contribution in [0.3, 0.4) is 0 Å². The first kappa shape index (κ1) is 17.9. The summed E-state index contributed by atoms with van der Waals surface area (Å²) in [6, 6.07) is 9.74. The maximum atomic E-state index is 5.17. The molecular formula is C18H22N6OS. The molecular weight excluding hydrogens is 348 g/mol. The summed E-state index contributed by atoms with van der Waals surface area (Å²) in [7, 11) is 1.65. The van der Waals surface area contributed by atoms with Crippen molar-refractivity contribution in [3.63, 3.8) is 0 Å². The summed E-state index contributed by atoms with van der Waals surface area (Å²) in [4.78, 5) is 9.11. The Balaban J connectivity index is 1.60. The summed E-state index contributed by atoms with van der Waals surface area (Å²) < 4.78 is 5.17. The first-order valence-corrected chi connectivity index (χ1v) is 9.31. The van der Waals surface area contributed by atoms with Crippen molar-refractivity contribution in [2.45, 2.75) is 20.0 Å². The molecule has 0 saturated heterocycles. The molecule has 0 radical (unpaired) electrons. The predicted octanol–water partition coefficient (Wildman–Crippen LogP) is 2.80. The third kappa shape index (κ3) is 4.82. The fourth-order valence-electron chi connectivity index (χ4n) is 2.31. The van der Waals surface area contributed by atoms with Gasteiger partial charge in [-0.25, -0.2) is 9.98 Å². The van der Waals surface area contributed by atoms with Gasteiger partial charge in [0.15, 0.2) is 11.8 Å². The summed E-state index contributed by atoms with van der Waals surface area (Å²) in [5.74, 6) is 2.96. The van der Waals surface area contributed by atoms with Crippen molar-refractivity contribution in [3.05, 3.63) is 52.5 Å². The number of thiophene rings is 1. The van der Waals surface area contributed by atoms with E-state index in [0.717, 1.165) is 29.6 Å². The highest BCUT2D eigenvalue weighted by Gasteiger charge is 2.07. The topological polar surface area (TPSA) is 87.2 Å². The molecule has 0 atom stereocenters. The summed E-state index contributed by atoms with van der Waals surface area (Å²) in [5.41, 5.74) is 2.14. The molecule has 0 amide bonds. The second-order valence-electron chi connectivity index (χ2n) is 5.51. The Morgan fingerprint density at radius 3 is 2.77 bits per heavy atom. The number of aliphatic imine (C=N–C) groups is 1. The van der Waals surface area contributed by atoms with E-state index in [1.807, 2.05) is 31.2 Å². The minimum absolute atomic E-state index is 0.513. The van der Waals surface area contributed by atoms with E-state index in [1.54, 1.807) is 18.4 Å². The van der Waals surface area contributed by atoms with Crippen LogP contribution in [0.5, 0.6) is 5.75 Å². The molecule has 7 nitrogen and oxygen atoms in total. The summed E-state index contributed by atoms with van der Waals surface area (Å²) in [6.45, 7) is 3.99. The van der Waals surface area contributed by atoms with Crippen molar-refractivity contribution in [1.29, 1.82) is 0 Å². The summed E-state index contributed by atoms with van der Waals surface area (Å²) in [6.07, 6.45) is 0. The number of hydrogen-bond acceptors (Lipinski definition) is 5. The van der Waals surface area contributed by atoms with Gasteiger partial charge in [-0.2, -0.15) is 16.4 Å². The van der Waals surface area contributed by atoms with Gasteiger partial charge in [-0.3, -0.25) is 5.10 Å². The molecule has 3 N–H and O–H groups in total. The van der Waals surface area contributed by atoms with Gasteiger partial charge in [0, 0.05) is 12.1 Å². The molecule has 0 fully saturated rings. The predicted molar refractivity (Wildman–Crippen MR) is 104 cm³/mol. The Labute approximate surface area is 156 Å². The average Bonchev–Trinajstić information content (AvgIpc) is 3.36. The van der Waals surface area contributed by atoms with Crippen LogP contribution in [-0.4, -0.2) is 34.8 Å². The van der Waals surface area contributed by atoms with Crippen LogP contribution in [0, 0.1) is 0 Å². The largest absolute Gasteiger partial charge is 0.497 e. The molecule has 0 unspecified atom stereocenters. The molecule has 8 heteroatoms. The van der Waals surface area contributed by atoms with Gasteiger partial charge in [-0.15, -0.1) is 0 Å². The molecule has 136 valence electrons. The number of methoxy groups -OCH3 is 1. The van der Waals surface area contributed by atoms with Crippen molar-refractivity contribution in [3.8, 4) is 17.1 Å². The average molecular weight is 370 g/mol. The maximum Gasteiger partial charge on any atom is 0.191 e. The molecule has 0 aliphatic carbocycles. The molecule has 1 aromatic carbocycles. The minimum atomic E-state index is 0.513. The number of hydrogen-bond donors (Lipinski definition) is 3. The van der Waals surface area contributed by atoms with E-state index in [-0.39, 0.29) is 0 Å². The number of rotatable bonds is 7. The van der Waals surface area contributed by atoms with E-state index >= 15 is 0 Å². The highest BCUT2D eigenvalue weighted by Crippen LogP contribution is 2.18. The van der Waals surface area contributed by atoms with E-state index < -0.39 is 0 Å². The number of ether oxygens (including phenoxy) is 1. The molecule has 2 heterocycles. The van der Waals surface area contributed by atoms with Gasteiger partial charge in [-0.05, 0) is 53.6 Å². The Morgan fingerprint density at radius 2 is 2.08 bits per heavy atom. The second kappa shape index (κ2) is 9.00. The number of aromatic nitrogens is 3. The van der Waals surface area contributed by atoms with Crippen LogP contribution in [0.2, 0.25) is 0 Å². The number of guanidine groups is 1. The van der Waals surface area contributed by atoms with E-state index in [2.05, 4.69) is 47.6 Å². The van der Waals surface area contributed by atoms with Crippen LogP contribution >= 0.6 is 11.3 Å². The lowest BCUT2D eigenvalue weighted by atomic mass is 10.2. The summed E-state index contributed by atoms with van der Waals surface area (Å²) >= 11 is 1.68. The van der Waals surface area contributed by atoms with Gasteiger partial charge in [-0.1, -0.05) is 0 Å². The van der Waals surface area contributed by atoms with Gasteiger partial charge in [0.2, 0.25) is 0 Å². The second-order valence-corrected chi connectivity index (χ2v) is 6.29. The van der Waals surface area contributed by atoms with Gasteiger partial charge in [0.25, 0.3) is 0 Å². The van der Waals surface area contributed by atoms with Gasteiger partial charge in [0.05, 0.1) is 20.2 Å². The highest BCUT2D eigenvalue weighted by molar-refractivity contribution is 7.07. The Kier molecular flexibility index (Phi) is 6.21. The zero-order valence-electron chi connectivity index (χ0n) is 14.8. The number of aromatic amines is 1. The van der Waals surface area contributed by atoms with Crippen LogP contribution in [0.1, 0.15) is 18.3 Å². The van der Waals surface area contributed by atoms with Crippen molar-refractivity contribution < 1.29 is 4.74 Å². The molecule has 0 aliphatic heterocycles. The Morgan fingerprint density at radius 1 is 1.23 bits per heavy atom. The van der Waals surface area contributed by atoms with Gasteiger partial charge < -0.3 is 15.4 Å². The lowest BCUT2D eigenvalue weighted by Crippen LogP contribution is -2.37. The standard InChI is InChI=1S/C18H22N6OS/c1-3-19-18(20-10-13-8-9-26-12-13)21-11-16-22-17(24-23-16)14-4-6-15(25-2)7-5-14/h4-9,12H,3,10-11H2,1-2H3,(H2,19,20,21)(H,22,23,24). The molecule has 0 saturated carbocycles. The van der Waals surface area contributed by atoms with Crippen molar-refractivity contribution in [1.82, 2.24) is 25.8 Å². The summed E-state index contributed by atoms with van der Waals surface area (Å²) in [5, 5.41) is 17.9. The number of benzene rings is 1. The third-order valence-corrected chi connectivity index (χ3v) is 4.38. The molecule has 3 rings (SSSR count). The SMILES string of the molecule is CCNC(=NCc1ccsc1)NCc1nc(-c2ccc(OC)cc2)n[nH]1.